The lowest BCUT2D eigenvalue weighted by Gasteiger charge is -2.05. The first-order valence-corrected chi connectivity index (χ1v) is 6.50. The number of aromatic amines is 1. The lowest BCUT2D eigenvalue weighted by molar-refractivity contribution is -0.129. The summed E-state index contributed by atoms with van der Waals surface area (Å²) in [4.78, 5) is 17.3. The summed E-state index contributed by atoms with van der Waals surface area (Å²) in [5, 5.41) is 8.48. The number of nitrogens with zero attached hydrogens (tertiary/aromatic N) is 1. The van der Waals surface area contributed by atoms with Crippen molar-refractivity contribution in [1.29, 1.82) is 0 Å². The molecule has 0 fully saturated rings. The van der Waals surface area contributed by atoms with Crippen LogP contribution in [-0.4, -0.2) is 38.3 Å². The van der Waals surface area contributed by atoms with Crippen molar-refractivity contribution in [2.45, 2.75) is 12.7 Å². The fourth-order valence-electron chi connectivity index (χ4n) is 1.02. The second-order valence-electron chi connectivity index (χ2n) is 3.21. The van der Waals surface area contributed by atoms with E-state index < -0.39 is 5.97 Å². The molecule has 8 heteroatoms. The number of nitrogens with one attached hydrogen (secondary N) is 3. The first-order valence-electron chi connectivity index (χ1n) is 4.94. The van der Waals surface area contributed by atoms with Crippen molar-refractivity contribution in [3.8, 4) is 0 Å². The molecule has 94 valence electrons. The molecule has 0 atom stereocenters. The Balaban J connectivity index is 2.04. The number of aromatic nitrogens is 2. The summed E-state index contributed by atoms with van der Waals surface area (Å²) in [7, 11) is 0. The Morgan fingerprint density at radius 1 is 1.71 bits per heavy atom. The average Bonchev–Trinajstić information content (AvgIpc) is 2.68. The van der Waals surface area contributed by atoms with E-state index in [1.165, 1.54) is 0 Å². The van der Waals surface area contributed by atoms with Crippen LogP contribution >= 0.6 is 24.0 Å². The fraction of sp³-hybridized carbons (Fsp3) is 0.444. The van der Waals surface area contributed by atoms with Crippen molar-refractivity contribution >= 4 is 34.9 Å². The maximum Gasteiger partial charge on any atom is 0.364 e. The predicted octanol–water partition coefficient (Wildman–Crippen LogP) is 0.458. The molecule has 1 rings (SSSR count). The number of aryl methyl sites for hydroxylation is 1. The fourth-order valence-corrected chi connectivity index (χ4v) is 1.97. The molecule has 4 N–H and O–H groups in total. The summed E-state index contributed by atoms with van der Waals surface area (Å²) in [6.07, 6.45) is 1.68. The maximum absolute atomic E-state index is 10.4. The number of carboxylic acid groups (broad SMARTS) is 1. The van der Waals surface area contributed by atoms with Crippen LogP contribution in [-0.2, 0) is 10.5 Å². The van der Waals surface area contributed by atoms with Gasteiger partial charge in [-0.05, 0) is 6.92 Å². The highest BCUT2D eigenvalue weighted by atomic mass is 32.2. The van der Waals surface area contributed by atoms with Crippen molar-refractivity contribution in [3.63, 3.8) is 0 Å². The Morgan fingerprint density at radius 3 is 3.06 bits per heavy atom. The van der Waals surface area contributed by atoms with E-state index >= 15 is 0 Å². The maximum atomic E-state index is 10.4. The molecule has 0 amide bonds. The van der Waals surface area contributed by atoms with Crippen LogP contribution in [0, 0.1) is 6.92 Å². The van der Waals surface area contributed by atoms with E-state index in [4.69, 9.17) is 5.11 Å². The van der Waals surface area contributed by atoms with Gasteiger partial charge in [0.05, 0.1) is 12.0 Å². The minimum absolute atomic E-state index is 0.224. The van der Waals surface area contributed by atoms with E-state index in [2.05, 4.69) is 33.0 Å². The van der Waals surface area contributed by atoms with Gasteiger partial charge in [-0.25, -0.2) is 15.2 Å². The number of hydrogen-bond acceptors (Lipinski definition) is 5. The van der Waals surface area contributed by atoms with Gasteiger partial charge in [-0.3, -0.25) is 0 Å². The smallest absolute Gasteiger partial charge is 0.364 e. The number of thiocarbonyl (C=S) groups is 1. The summed E-state index contributed by atoms with van der Waals surface area (Å²) in [6, 6.07) is 0. The van der Waals surface area contributed by atoms with E-state index in [-0.39, 0.29) is 4.99 Å². The van der Waals surface area contributed by atoms with Crippen LogP contribution in [0.2, 0.25) is 0 Å². The van der Waals surface area contributed by atoms with Gasteiger partial charge in [-0.2, -0.15) is 11.8 Å². The first-order chi connectivity index (χ1) is 8.11. The van der Waals surface area contributed by atoms with E-state index in [0.717, 1.165) is 22.9 Å². The van der Waals surface area contributed by atoms with Crippen LogP contribution in [0.25, 0.3) is 0 Å². The summed E-state index contributed by atoms with van der Waals surface area (Å²) in [5.74, 6) is 0.536. The number of carbonyl (C=O) groups is 1. The third-order valence-corrected chi connectivity index (χ3v) is 3.19. The number of hydrazine groups is 1. The van der Waals surface area contributed by atoms with Gasteiger partial charge in [0.2, 0.25) is 0 Å². The molecule has 0 unspecified atom stereocenters. The van der Waals surface area contributed by atoms with Gasteiger partial charge < -0.3 is 15.5 Å². The zero-order valence-corrected chi connectivity index (χ0v) is 11.0. The van der Waals surface area contributed by atoms with E-state index in [0.29, 0.717) is 6.54 Å². The topological polar surface area (TPSA) is 90.0 Å². The minimum Gasteiger partial charge on any atom is -0.476 e. The number of imidazole rings is 1. The SMILES string of the molecule is Cc1[nH]cnc1CSCCNNC(=S)C(=O)O. The Bertz CT molecular complexity index is 394. The molecule has 1 aromatic rings. The lowest BCUT2D eigenvalue weighted by Crippen LogP contribution is -2.41. The number of aliphatic carboxylic acids is 1. The zero-order chi connectivity index (χ0) is 12.7. The standard InChI is InChI=1S/C9H14N4O2S2/c1-6-7(11-5-10-6)4-17-3-2-12-13-8(16)9(14)15/h5,12H,2-4H2,1H3,(H,10,11)(H,13,16)(H,14,15). The van der Waals surface area contributed by atoms with Crippen LogP contribution < -0.4 is 10.9 Å². The van der Waals surface area contributed by atoms with Gasteiger partial charge in [-0.15, -0.1) is 0 Å². The molecule has 0 radical (unpaired) electrons. The van der Waals surface area contributed by atoms with Crippen LogP contribution in [0.5, 0.6) is 0 Å². The van der Waals surface area contributed by atoms with Crippen LogP contribution in [0.4, 0.5) is 0 Å². The lowest BCUT2D eigenvalue weighted by atomic mass is 10.4. The molecule has 0 saturated heterocycles. The number of carboxylic acids is 1. The van der Waals surface area contributed by atoms with Crippen molar-refractivity contribution in [2.75, 3.05) is 12.3 Å². The van der Waals surface area contributed by atoms with Gasteiger partial charge in [-0.1, -0.05) is 12.2 Å². The van der Waals surface area contributed by atoms with Gasteiger partial charge >= 0.3 is 5.97 Å². The Morgan fingerprint density at radius 2 is 2.47 bits per heavy atom. The number of rotatable bonds is 6. The first kappa shape index (κ1) is 13.9. The predicted molar refractivity (Wildman–Crippen MR) is 70.9 cm³/mol. The monoisotopic (exact) mass is 274 g/mol. The summed E-state index contributed by atoms with van der Waals surface area (Å²) in [5.41, 5.74) is 7.30. The van der Waals surface area contributed by atoms with E-state index in [1.54, 1.807) is 18.1 Å². The summed E-state index contributed by atoms with van der Waals surface area (Å²) >= 11 is 6.25. The molecular formula is C9H14N4O2S2. The Hall–Kier alpha value is -1.12. The molecular weight excluding hydrogens is 260 g/mol. The summed E-state index contributed by atoms with van der Waals surface area (Å²) in [6.45, 7) is 2.61. The molecule has 0 aliphatic heterocycles. The third kappa shape index (κ3) is 5.16. The molecule has 0 aliphatic rings. The highest BCUT2D eigenvalue weighted by Gasteiger charge is 2.04. The van der Waals surface area contributed by atoms with Crippen molar-refractivity contribution < 1.29 is 9.90 Å². The Kier molecular flexibility index (Phi) is 5.95. The molecule has 0 aliphatic carbocycles. The second kappa shape index (κ2) is 7.25. The Labute approximate surface area is 109 Å². The van der Waals surface area contributed by atoms with Crippen LogP contribution in [0.15, 0.2) is 6.33 Å². The van der Waals surface area contributed by atoms with Crippen LogP contribution in [0.1, 0.15) is 11.4 Å². The molecule has 0 bridgehead atoms. The number of thioether (sulfide) groups is 1. The van der Waals surface area contributed by atoms with Gasteiger partial charge in [0.25, 0.3) is 0 Å². The molecule has 1 aromatic heterocycles. The van der Waals surface area contributed by atoms with E-state index in [9.17, 15) is 4.79 Å². The zero-order valence-electron chi connectivity index (χ0n) is 9.32. The van der Waals surface area contributed by atoms with Gasteiger partial charge in [0, 0.05) is 23.7 Å². The molecule has 6 nitrogen and oxygen atoms in total. The second-order valence-corrected chi connectivity index (χ2v) is 4.73. The molecule has 0 aromatic carbocycles. The molecule has 0 spiro atoms. The van der Waals surface area contributed by atoms with Crippen molar-refractivity contribution in [3.05, 3.63) is 17.7 Å². The quantitative estimate of drug-likeness (QED) is 0.340. The number of H-pyrrole nitrogens is 1. The van der Waals surface area contributed by atoms with E-state index in [1.807, 2.05) is 6.92 Å². The average molecular weight is 274 g/mol. The molecule has 1 heterocycles. The van der Waals surface area contributed by atoms with Crippen molar-refractivity contribution in [1.82, 2.24) is 20.8 Å². The molecule has 0 saturated carbocycles. The largest absolute Gasteiger partial charge is 0.476 e. The highest BCUT2D eigenvalue weighted by molar-refractivity contribution is 7.98. The van der Waals surface area contributed by atoms with Gasteiger partial charge in [0.1, 0.15) is 0 Å². The normalized spacial score (nSPS) is 10.2. The summed E-state index contributed by atoms with van der Waals surface area (Å²) < 4.78 is 0. The van der Waals surface area contributed by atoms with Gasteiger partial charge in [0.15, 0.2) is 4.99 Å². The third-order valence-electron chi connectivity index (χ3n) is 1.94. The molecule has 17 heavy (non-hydrogen) atoms. The minimum atomic E-state index is -1.13. The number of hydrogen-bond donors (Lipinski definition) is 4. The highest BCUT2D eigenvalue weighted by Crippen LogP contribution is 2.11. The van der Waals surface area contributed by atoms with Crippen LogP contribution in [0.3, 0.4) is 0 Å². The van der Waals surface area contributed by atoms with Crippen molar-refractivity contribution in [2.24, 2.45) is 0 Å².